The zero-order valence-corrected chi connectivity index (χ0v) is 10.4. The minimum atomic E-state index is 0.559. The van der Waals surface area contributed by atoms with Gasteiger partial charge in [0.2, 0.25) is 0 Å². The van der Waals surface area contributed by atoms with E-state index in [2.05, 4.69) is 18.3 Å². The Morgan fingerprint density at radius 1 is 1.35 bits per heavy atom. The SMILES string of the molecule is C[C@H](NCc1ccccc1C#N)C1CCCC1. The minimum absolute atomic E-state index is 0.559. The van der Waals surface area contributed by atoms with Crippen LogP contribution in [0.3, 0.4) is 0 Å². The molecule has 1 fully saturated rings. The summed E-state index contributed by atoms with van der Waals surface area (Å²) >= 11 is 0. The van der Waals surface area contributed by atoms with E-state index in [1.165, 1.54) is 25.7 Å². The highest BCUT2D eigenvalue weighted by Gasteiger charge is 2.20. The standard InChI is InChI=1S/C15H20N2/c1-12(13-6-2-3-7-13)17-11-15-9-5-4-8-14(15)10-16/h4-5,8-9,12-13,17H,2-3,6-7,11H2,1H3/t12-/m0/s1. The largest absolute Gasteiger partial charge is 0.310 e. The molecule has 1 aliphatic carbocycles. The van der Waals surface area contributed by atoms with Crippen LogP contribution < -0.4 is 5.32 Å². The molecule has 2 heteroatoms. The summed E-state index contributed by atoms with van der Waals surface area (Å²) in [5.41, 5.74) is 1.90. The first-order valence-electron chi connectivity index (χ1n) is 6.52. The quantitative estimate of drug-likeness (QED) is 0.858. The van der Waals surface area contributed by atoms with Crippen LogP contribution in [0.4, 0.5) is 0 Å². The lowest BCUT2D eigenvalue weighted by molar-refractivity contribution is 0.380. The van der Waals surface area contributed by atoms with E-state index in [0.29, 0.717) is 6.04 Å². The average Bonchev–Trinajstić information content (AvgIpc) is 2.90. The summed E-state index contributed by atoms with van der Waals surface area (Å²) in [5.74, 6) is 0.823. The van der Waals surface area contributed by atoms with Gasteiger partial charge in [0.05, 0.1) is 11.6 Å². The minimum Gasteiger partial charge on any atom is -0.310 e. The maximum Gasteiger partial charge on any atom is 0.0995 e. The van der Waals surface area contributed by atoms with Gasteiger partial charge in [-0.15, -0.1) is 0 Å². The van der Waals surface area contributed by atoms with Crippen molar-refractivity contribution in [1.82, 2.24) is 5.32 Å². The van der Waals surface area contributed by atoms with Crippen molar-refractivity contribution in [2.45, 2.75) is 45.2 Å². The van der Waals surface area contributed by atoms with E-state index in [4.69, 9.17) is 5.26 Å². The summed E-state index contributed by atoms with van der Waals surface area (Å²) in [6.45, 7) is 3.08. The fraction of sp³-hybridized carbons (Fsp3) is 0.533. The zero-order valence-electron chi connectivity index (χ0n) is 10.4. The van der Waals surface area contributed by atoms with Gasteiger partial charge in [0.1, 0.15) is 0 Å². The third-order valence-corrected chi connectivity index (χ3v) is 3.86. The van der Waals surface area contributed by atoms with E-state index in [-0.39, 0.29) is 0 Å². The molecule has 0 saturated heterocycles. The van der Waals surface area contributed by atoms with Gasteiger partial charge < -0.3 is 5.32 Å². The number of rotatable bonds is 4. The van der Waals surface area contributed by atoms with E-state index in [1.807, 2.05) is 24.3 Å². The molecule has 2 rings (SSSR count). The fourth-order valence-corrected chi connectivity index (χ4v) is 2.68. The van der Waals surface area contributed by atoms with Crippen LogP contribution in [0.1, 0.15) is 43.7 Å². The third kappa shape index (κ3) is 3.08. The number of hydrogen-bond acceptors (Lipinski definition) is 2. The third-order valence-electron chi connectivity index (χ3n) is 3.86. The van der Waals surface area contributed by atoms with Crippen LogP contribution in [0, 0.1) is 17.2 Å². The molecule has 17 heavy (non-hydrogen) atoms. The van der Waals surface area contributed by atoms with E-state index in [1.54, 1.807) is 0 Å². The van der Waals surface area contributed by atoms with Gasteiger partial charge >= 0.3 is 0 Å². The highest BCUT2D eigenvalue weighted by Crippen LogP contribution is 2.27. The Hall–Kier alpha value is -1.33. The molecular weight excluding hydrogens is 208 g/mol. The molecule has 0 amide bonds. The zero-order chi connectivity index (χ0) is 12.1. The molecule has 0 aliphatic heterocycles. The average molecular weight is 228 g/mol. The predicted octanol–water partition coefficient (Wildman–Crippen LogP) is 3.23. The molecule has 0 heterocycles. The Morgan fingerprint density at radius 3 is 2.76 bits per heavy atom. The molecule has 2 nitrogen and oxygen atoms in total. The van der Waals surface area contributed by atoms with E-state index in [0.717, 1.165) is 23.6 Å². The molecule has 0 bridgehead atoms. The Balaban J connectivity index is 1.91. The summed E-state index contributed by atoms with van der Waals surface area (Å²) in [6, 6.07) is 10.6. The summed E-state index contributed by atoms with van der Waals surface area (Å²) in [5, 5.41) is 12.6. The lowest BCUT2D eigenvalue weighted by Crippen LogP contribution is -2.31. The van der Waals surface area contributed by atoms with Crippen LogP contribution in [-0.2, 0) is 6.54 Å². The van der Waals surface area contributed by atoms with Gasteiger partial charge in [0.25, 0.3) is 0 Å². The van der Waals surface area contributed by atoms with Crippen molar-refractivity contribution in [3.05, 3.63) is 35.4 Å². The van der Waals surface area contributed by atoms with Gasteiger partial charge in [0.15, 0.2) is 0 Å². The van der Waals surface area contributed by atoms with Crippen LogP contribution in [-0.4, -0.2) is 6.04 Å². The fourth-order valence-electron chi connectivity index (χ4n) is 2.68. The lowest BCUT2D eigenvalue weighted by Gasteiger charge is -2.20. The molecular formula is C15H20N2. The van der Waals surface area contributed by atoms with E-state index in [9.17, 15) is 0 Å². The van der Waals surface area contributed by atoms with Gasteiger partial charge in [-0.2, -0.15) is 5.26 Å². The van der Waals surface area contributed by atoms with Crippen molar-refractivity contribution in [3.8, 4) is 6.07 Å². The Bertz CT molecular complexity index is 400. The predicted molar refractivity (Wildman–Crippen MR) is 69.4 cm³/mol. The first kappa shape index (κ1) is 12.1. The van der Waals surface area contributed by atoms with Crippen molar-refractivity contribution in [3.63, 3.8) is 0 Å². The van der Waals surface area contributed by atoms with Crippen LogP contribution in [0.5, 0.6) is 0 Å². The molecule has 0 unspecified atom stereocenters. The maximum absolute atomic E-state index is 9.02. The lowest BCUT2D eigenvalue weighted by atomic mass is 9.99. The Labute approximate surface area is 104 Å². The molecule has 1 aromatic carbocycles. The highest BCUT2D eigenvalue weighted by atomic mass is 14.9. The molecule has 1 atom stereocenters. The number of hydrogen-bond donors (Lipinski definition) is 1. The van der Waals surface area contributed by atoms with Gasteiger partial charge in [-0.25, -0.2) is 0 Å². The van der Waals surface area contributed by atoms with E-state index >= 15 is 0 Å². The Kier molecular flexibility index (Phi) is 4.17. The molecule has 1 aromatic rings. The van der Waals surface area contributed by atoms with E-state index < -0.39 is 0 Å². The summed E-state index contributed by atoms with van der Waals surface area (Å²) < 4.78 is 0. The Morgan fingerprint density at radius 2 is 2.06 bits per heavy atom. The second-order valence-corrected chi connectivity index (χ2v) is 4.98. The van der Waals surface area contributed by atoms with Crippen LogP contribution >= 0.6 is 0 Å². The molecule has 1 saturated carbocycles. The number of nitriles is 1. The van der Waals surface area contributed by atoms with Crippen molar-refractivity contribution in [1.29, 1.82) is 5.26 Å². The van der Waals surface area contributed by atoms with Gasteiger partial charge in [0, 0.05) is 12.6 Å². The second-order valence-electron chi connectivity index (χ2n) is 4.98. The molecule has 0 aromatic heterocycles. The van der Waals surface area contributed by atoms with Gasteiger partial charge in [-0.3, -0.25) is 0 Å². The molecule has 0 spiro atoms. The van der Waals surface area contributed by atoms with Crippen molar-refractivity contribution in [2.75, 3.05) is 0 Å². The number of benzene rings is 1. The molecule has 1 aliphatic rings. The normalized spacial score (nSPS) is 17.9. The van der Waals surface area contributed by atoms with Crippen LogP contribution in [0.15, 0.2) is 24.3 Å². The van der Waals surface area contributed by atoms with Crippen molar-refractivity contribution in [2.24, 2.45) is 5.92 Å². The summed E-state index contributed by atoms with van der Waals surface area (Å²) in [7, 11) is 0. The first-order valence-corrected chi connectivity index (χ1v) is 6.52. The number of nitrogens with one attached hydrogen (secondary N) is 1. The van der Waals surface area contributed by atoms with Gasteiger partial charge in [-0.05, 0) is 37.3 Å². The molecule has 1 N–H and O–H groups in total. The van der Waals surface area contributed by atoms with Gasteiger partial charge in [-0.1, -0.05) is 31.0 Å². The van der Waals surface area contributed by atoms with Crippen LogP contribution in [0.25, 0.3) is 0 Å². The maximum atomic E-state index is 9.02. The molecule has 0 radical (unpaired) electrons. The number of nitrogens with zero attached hydrogens (tertiary/aromatic N) is 1. The topological polar surface area (TPSA) is 35.8 Å². The first-order chi connectivity index (χ1) is 8.31. The summed E-state index contributed by atoms with van der Waals surface area (Å²) in [6.07, 6.45) is 5.47. The molecule has 90 valence electrons. The summed E-state index contributed by atoms with van der Waals surface area (Å²) in [4.78, 5) is 0. The van der Waals surface area contributed by atoms with Crippen molar-refractivity contribution < 1.29 is 0 Å². The van der Waals surface area contributed by atoms with Crippen molar-refractivity contribution >= 4 is 0 Å². The smallest absolute Gasteiger partial charge is 0.0995 e. The highest BCUT2D eigenvalue weighted by molar-refractivity contribution is 5.37. The monoisotopic (exact) mass is 228 g/mol. The van der Waals surface area contributed by atoms with Crippen LogP contribution in [0.2, 0.25) is 0 Å². The second kappa shape index (κ2) is 5.84.